The molecule has 18 heavy (non-hydrogen) atoms. The van der Waals surface area contributed by atoms with Crippen LogP contribution in [0.1, 0.15) is 19.4 Å². The van der Waals surface area contributed by atoms with E-state index in [4.69, 9.17) is 0 Å². The summed E-state index contributed by atoms with van der Waals surface area (Å²) in [5.74, 6) is 0.0581. The Morgan fingerprint density at radius 3 is 2.61 bits per heavy atom. The molecular weight excluding hydrogens is 224 g/mol. The highest BCUT2D eigenvalue weighted by Gasteiger charge is 2.10. The van der Waals surface area contributed by atoms with Crippen molar-refractivity contribution in [3.8, 4) is 0 Å². The Labute approximate surface area is 109 Å². The van der Waals surface area contributed by atoms with Gasteiger partial charge >= 0.3 is 0 Å². The van der Waals surface area contributed by atoms with Crippen molar-refractivity contribution >= 4 is 5.91 Å². The fourth-order valence-corrected chi connectivity index (χ4v) is 1.78. The molecule has 1 rings (SSSR count). The predicted octanol–water partition coefficient (Wildman–Crippen LogP) is 2.20. The van der Waals surface area contributed by atoms with Crippen molar-refractivity contribution in [1.82, 2.24) is 10.2 Å². The molecule has 1 aromatic carbocycles. The van der Waals surface area contributed by atoms with Gasteiger partial charge in [-0.3, -0.25) is 9.69 Å². The summed E-state index contributed by atoms with van der Waals surface area (Å²) >= 11 is 0. The third-order valence-electron chi connectivity index (χ3n) is 2.45. The molecule has 0 fully saturated rings. The summed E-state index contributed by atoms with van der Waals surface area (Å²) in [5, 5.41) is 2.90. The molecule has 0 saturated carbocycles. The highest BCUT2D eigenvalue weighted by atomic mass is 16.2. The molecule has 1 aromatic rings. The van der Waals surface area contributed by atoms with E-state index in [2.05, 4.69) is 28.9 Å². The largest absolute Gasteiger partial charge is 0.353 e. The van der Waals surface area contributed by atoms with E-state index in [0.29, 0.717) is 13.1 Å². The Balaban J connectivity index is 2.54. The number of rotatable bonds is 7. The van der Waals surface area contributed by atoms with E-state index in [0.717, 1.165) is 6.54 Å². The molecule has 1 amide bonds. The molecule has 98 valence electrons. The van der Waals surface area contributed by atoms with Gasteiger partial charge in [-0.1, -0.05) is 36.4 Å². The molecule has 0 spiro atoms. The van der Waals surface area contributed by atoms with Crippen LogP contribution in [0.4, 0.5) is 0 Å². The van der Waals surface area contributed by atoms with Crippen molar-refractivity contribution in [2.45, 2.75) is 26.4 Å². The van der Waals surface area contributed by atoms with Crippen LogP contribution in [0.5, 0.6) is 0 Å². The highest BCUT2D eigenvalue weighted by molar-refractivity contribution is 5.78. The van der Waals surface area contributed by atoms with Crippen LogP contribution < -0.4 is 5.32 Å². The van der Waals surface area contributed by atoms with Crippen LogP contribution in [-0.2, 0) is 11.3 Å². The van der Waals surface area contributed by atoms with E-state index >= 15 is 0 Å². The lowest BCUT2D eigenvalue weighted by atomic mass is 10.2. The van der Waals surface area contributed by atoms with Crippen LogP contribution in [0.25, 0.3) is 0 Å². The fourth-order valence-electron chi connectivity index (χ4n) is 1.78. The van der Waals surface area contributed by atoms with Gasteiger partial charge in [0.05, 0.1) is 6.54 Å². The first-order valence-corrected chi connectivity index (χ1v) is 6.28. The van der Waals surface area contributed by atoms with Gasteiger partial charge in [-0.2, -0.15) is 0 Å². The quantitative estimate of drug-likeness (QED) is 0.748. The molecule has 0 radical (unpaired) electrons. The second-order valence-corrected chi connectivity index (χ2v) is 4.67. The molecule has 1 N–H and O–H groups in total. The standard InChI is InChI=1S/C15H22N2O/c1-4-10-17(12-15(18)16-13(2)3)11-14-8-6-5-7-9-14/h4-9,13H,1,10-12H2,2-3H3,(H,16,18). The molecule has 0 heterocycles. The molecule has 0 bridgehead atoms. The maximum absolute atomic E-state index is 11.7. The smallest absolute Gasteiger partial charge is 0.234 e. The van der Waals surface area contributed by atoms with E-state index in [1.165, 1.54) is 5.56 Å². The van der Waals surface area contributed by atoms with Gasteiger partial charge in [0.25, 0.3) is 0 Å². The summed E-state index contributed by atoms with van der Waals surface area (Å²) < 4.78 is 0. The molecule has 0 saturated heterocycles. The van der Waals surface area contributed by atoms with Crippen LogP contribution in [-0.4, -0.2) is 29.9 Å². The second-order valence-electron chi connectivity index (χ2n) is 4.67. The lowest BCUT2D eigenvalue weighted by molar-refractivity contribution is -0.122. The second kappa shape index (κ2) is 7.67. The number of benzene rings is 1. The van der Waals surface area contributed by atoms with Crippen molar-refractivity contribution in [2.24, 2.45) is 0 Å². The van der Waals surface area contributed by atoms with Gasteiger partial charge in [0.1, 0.15) is 0 Å². The topological polar surface area (TPSA) is 32.3 Å². The zero-order chi connectivity index (χ0) is 13.4. The van der Waals surface area contributed by atoms with Gasteiger partial charge in [-0.25, -0.2) is 0 Å². The minimum absolute atomic E-state index is 0.0581. The number of nitrogens with zero attached hydrogens (tertiary/aromatic N) is 1. The Hall–Kier alpha value is -1.61. The minimum Gasteiger partial charge on any atom is -0.353 e. The molecular formula is C15H22N2O. The Morgan fingerprint density at radius 1 is 1.39 bits per heavy atom. The van der Waals surface area contributed by atoms with Crippen molar-refractivity contribution in [1.29, 1.82) is 0 Å². The SMILES string of the molecule is C=CCN(CC(=O)NC(C)C)Cc1ccccc1. The van der Waals surface area contributed by atoms with Gasteiger partial charge in [0, 0.05) is 19.1 Å². The van der Waals surface area contributed by atoms with Gasteiger partial charge in [0.15, 0.2) is 0 Å². The summed E-state index contributed by atoms with van der Waals surface area (Å²) in [7, 11) is 0. The van der Waals surface area contributed by atoms with Gasteiger partial charge in [0.2, 0.25) is 5.91 Å². The monoisotopic (exact) mass is 246 g/mol. The Morgan fingerprint density at radius 2 is 2.06 bits per heavy atom. The molecule has 0 aromatic heterocycles. The molecule has 3 heteroatoms. The van der Waals surface area contributed by atoms with Gasteiger partial charge < -0.3 is 5.32 Å². The first-order valence-electron chi connectivity index (χ1n) is 6.28. The van der Waals surface area contributed by atoms with Crippen molar-refractivity contribution in [3.05, 3.63) is 48.6 Å². The zero-order valence-electron chi connectivity index (χ0n) is 11.2. The predicted molar refractivity (Wildman–Crippen MR) is 75.2 cm³/mol. The van der Waals surface area contributed by atoms with Crippen LogP contribution in [0.2, 0.25) is 0 Å². The molecule has 0 aliphatic carbocycles. The maximum Gasteiger partial charge on any atom is 0.234 e. The first kappa shape index (κ1) is 14.5. The summed E-state index contributed by atoms with van der Waals surface area (Å²) in [4.78, 5) is 13.8. The Bertz CT molecular complexity index is 373. The van der Waals surface area contributed by atoms with Gasteiger partial charge in [-0.15, -0.1) is 6.58 Å². The summed E-state index contributed by atoms with van der Waals surface area (Å²) in [6.07, 6.45) is 1.82. The maximum atomic E-state index is 11.7. The van der Waals surface area contributed by atoms with Crippen LogP contribution in [0.15, 0.2) is 43.0 Å². The van der Waals surface area contributed by atoms with E-state index in [1.54, 1.807) is 0 Å². The Kier molecular flexibility index (Phi) is 6.15. The van der Waals surface area contributed by atoms with Crippen LogP contribution >= 0.6 is 0 Å². The van der Waals surface area contributed by atoms with E-state index < -0.39 is 0 Å². The average molecular weight is 246 g/mol. The highest BCUT2D eigenvalue weighted by Crippen LogP contribution is 2.04. The summed E-state index contributed by atoms with van der Waals surface area (Å²) in [6.45, 7) is 9.54. The number of nitrogens with one attached hydrogen (secondary N) is 1. The molecule has 3 nitrogen and oxygen atoms in total. The summed E-state index contributed by atoms with van der Waals surface area (Å²) in [6, 6.07) is 10.3. The van der Waals surface area contributed by atoms with Crippen molar-refractivity contribution < 1.29 is 4.79 Å². The normalized spacial score (nSPS) is 10.7. The van der Waals surface area contributed by atoms with Crippen LogP contribution in [0.3, 0.4) is 0 Å². The zero-order valence-corrected chi connectivity index (χ0v) is 11.2. The van der Waals surface area contributed by atoms with Crippen molar-refractivity contribution in [2.75, 3.05) is 13.1 Å². The number of hydrogen-bond acceptors (Lipinski definition) is 2. The van der Waals surface area contributed by atoms with E-state index in [-0.39, 0.29) is 11.9 Å². The lowest BCUT2D eigenvalue weighted by Gasteiger charge is -2.21. The number of carbonyl (C=O) groups excluding carboxylic acids is 1. The van der Waals surface area contributed by atoms with E-state index in [1.807, 2.05) is 38.1 Å². The van der Waals surface area contributed by atoms with E-state index in [9.17, 15) is 4.79 Å². The third kappa shape index (κ3) is 5.64. The molecule has 0 atom stereocenters. The van der Waals surface area contributed by atoms with Crippen molar-refractivity contribution in [3.63, 3.8) is 0 Å². The lowest BCUT2D eigenvalue weighted by Crippen LogP contribution is -2.39. The number of amides is 1. The molecule has 0 aliphatic rings. The molecule has 0 unspecified atom stereocenters. The van der Waals surface area contributed by atoms with Gasteiger partial charge in [-0.05, 0) is 19.4 Å². The fraction of sp³-hybridized carbons (Fsp3) is 0.400. The summed E-state index contributed by atoms with van der Waals surface area (Å²) in [5.41, 5.74) is 1.21. The number of hydrogen-bond donors (Lipinski definition) is 1. The average Bonchev–Trinajstić information content (AvgIpc) is 2.29. The first-order chi connectivity index (χ1) is 8.61. The molecule has 0 aliphatic heterocycles. The number of carbonyl (C=O) groups is 1. The van der Waals surface area contributed by atoms with Crippen LogP contribution in [0, 0.1) is 0 Å². The minimum atomic E-state index is 0.0581. The third-order valence-corrected chi connectivity index (χ3v) is 2.45.